The molecular formula is C28H23BrN2O3S. The largest absolute Gasteiger partial charge is 0.455 e. The standard InChI is InChI=1S/C28H23BrN2O3S/c1-2-31-23-10-6-5-9-21(23)22-15-19(12-13-24(22)31)30-26(32)16-34-27(33)17-35-25-14-11-18-7-3-4-8-20(18)28(25)29/h3-15H,2,16-17H2,1H3,(H,30,32). The summed E-state index contributed by atoms with van der Waals surface area (Å²) in [6, 6.07) is 26.1. The van der Waals surface area contributed by atoms with Gasteiger partial charge >= 0.3 is 5.97 Å². The SMILES string of the molecule is CCn1c2ccccc2c2cc(NC(=O)COC(=O)CSc3ccc4ccccc4c3Br)ccc21. The molecule has 5 nitrogen and oxygen atoms in total. The van der Waals surface area contributed by atoms with Gasteiger partial charge in [-0.15, -0.1) is 11.8 Å². The van der Waals surface area contributed by atoms with Crippen LogP contribution in [0.15, 0.2) is 88.2 Å². The third-order valence-electron chi connectivity index (χ3n) is 5.91. The van der Waals surface area contributed by atoms with Crippen LogP contribution in [-0.4, -0.2) is 28.8 Å². The molecule has 0 aliphatic rings. The second kappa shape index (κ2) is 10.1. The first kappa shape index (κ1) is 23.5. The lowest BCUT2D eigenvalue weighted by atomic mass is 10.1. The van der Waals surface area contributed by atoms with Gasteiger partial charge < -0.3 is 14.6 Å². The number of esters is 1. The number of carbonyl (C=O) groups excluding carboxylic acids is 2. The Bertz CT molecular complexity index is 1580. The quantitative estimate of drug-likeness (QED) is 0.176. The number of thioether (sulfide) groups is 1. The number of carbonyl (C=O) groups is 2. The lowest BCUT2D eigenvalue weighted by molar-refractivity contribution is -0.144. The first-order valence-electron chi connectivity index (χ1n) is 11.3. The topological polar surface area (TPSA) is 60.3 Å². The first-order chi connectivity index (χ1) is 17.0. The van der Waals surface area contributed by atoms with Crippen molar-refractivity contribution in [2.75, 3.05) is 17.7 Å². The fourth-order valence-electron chi connectivity index (χ4n) is 4.32. The molecule has 1 N–H and O–H groups in total. The smallest absolute Gasteiger partial charge is 0.316 e. The van der Waals surface area contributed by atoms with Gasteiger partial charge in [-0.3, -0.25) is 9.59 Å². The number of anilines is 1. The van der Waals surface area contributed by atoms with Gasteiger partial charge in [0.1, 0.15) is 0 Å². The number of halogens is 1. The summed E-state index contributed by atoms with van der Waals surface area (Å²) in [4.78, 5) is 25.7. The minimum atomic E-state index is -0.438. The van der Waals surface area contributed by atoms with E-state index in [1.807, 2.05) is 66.7 Å². The number of benzene rings is 4. The van der Waals surface area contributed by atoms with Crippen LogP contribution in [0.4, 0.5) is 5.69 Å². The molecular weight excluding hydrogens is 524 g/mol. The number of amides is 1. The molecule has 176 valence electrons. The Morgan fingerprint density at radius 3 is 2.49 bits per heavy atom. The molecule has 0 aliphatic carbocycles. The number of hydrogen-bond acceptors (Lipinski definition) is 4. The average molecular weight is 547 g/mol. The van der Waals surface area contributed by atoms with E-state index in [-0.39, 0.29) is 18.3 Å². The van der Waals surface area contributed by atoms with E-state index in [9.17, 15) is 9.59 Å². The molecule has 0 unspecified atom stereocenters. The normalized spacial score (nSPS) is 11.3. The molecule has 1 amide bonds. The van der Waals surface area contributed by atoms with Crippen molar-refractivity contribution in [3.05, 3.63) is 83.3 Å². The number of nitrogens with zero attached hydrogens (tertiary/aromatic N) is 1. The minimum absolute atomic E-state index is 0.118. The van der Waals surface area contributed by atoms with Crippen LogP contribution in [0.1, 0.15) is 6.92 Å². The highest BCUT2D eigenvalue weighted by atomic mass is 79.9. The van der Waals surface area contributed by atoms with Crippen LogP contribution in [0.5, 0.6) is 0 Å². The number of aromatic nitrogens is 1. The van der Waals surface area contributed by atoms with Crippen molar-refractivity contribution in [2.45, 2.75) is 18.4 Å². The van der Waals surface area contributed by atoms with Gasteiger partial charge in [-0.05, 0) is 64.0 Å². The highest BCUT2D eigenvalue weighted by Crippen LogP contribution is 2.34. The van der Waals surface area contributed by atoms with Crippen LogP contribution >= 0.6 is 27.7 Å². The monoisotopic (exact) mass is 546 g/mol. The molecule has 0 aliphatic heterocycles. The van der Waals surface area contributed by atoms with Crippen LogP contribution in [0, 0.1) is 0 Å². The Morgan fingerprint density at radius 2 is 1.66 bits per heavy atom. The lowest BCUT2D eigenvalue weighted by Crippen LogP contribution is -2.21. The highest BCUT2D eigenvalue weighted by Gasteiger charge is 2.13. The predicted octanol–water partition coefficient (Wildman–Crippen LogP) is 7.00. The van der Waals surface area contributed by atoms with E-state index in [1.54, 1.807) is 0 Å². The molecule has 5 rings (SSSR count). The Morgan fingerprint density at radius 1 is 0.914 bits per heavy atom. The third kappa shape index (κ3) is 4.79. The molecule has 0 saturated heterocycles. The molecule has 4 aromatic carbocycles. The van der Waals surface area contributed by atoms with E-state index >= 15 is 0 Å². The summed E-state index contributed by atoms with van der Waals surface area (Å²) in [5.41, 5.74) is 2.96. The maximum atomic E-state index is 12.4. The van der Waals surface area contributed by atoms with Gasteiger partial charge in [-0.25, -0.2) is 0 Å². The van der Waals surface area contributed by atoms with Crippen LogP contribution in [0.2, 0.25) is 0 Å². The summed E-state index contributed by atoms with van der Waals surface area (Å²) in [5.74, 6) is -0.687. The van der Waals surface area contributed by atoms with E-state index in [2.05, 4.69) is 44.9 Å². The Labute approximate surface area is 215 Å². The fraction of sp³-hybridized carbons (Fsp3) is 0.143. The van der Waals surface area contributed by atoms with Crippen molar-refractivity contribution >= 4 is 77.8 Å². The highest BCUT2D eigenvalue weighted by molar-refractivity contribution is 9.10. The van der Waals surface area contributed by atoms with E-state index in [0.29, 0.717) is 5.69 Å². The molecule has 7 heteroatoms. The van der Waals surface area contributed by atoms with Crippen molar-refractivity contribution in [3.63, 3.8) is 0 Å². The van der Waals surface area contributed by atoms with Crippen molar-refractivity contribution in [1.82, 2.24) is 4.57 Å². The Balaban J connectivity index is 1.20. The van der Waals surface area contributed by atoms with E-state index in [0.717, 1.165) is 48.5 Å². The van der Waals surface area contributed by atoms with Gasteiger partial charge in [0, 0.05) is 43.4 Å². The lowest BCUT2D eigenvalue weighted by Gasteiger charge is -2.09. The van der Waals surface area contributed by atoms with Crippen LogP contribution in [0.25, 0.3) is 32.6 Å². The van der Waals surface area contributed by atoms with Gasteiger partial charge in [-0.1, -0.05) is 48.5 Å². The van der Waals surface area contributed by atoms with Crippen LogP contribution in [-0.2, 0) is 20.9 Å². The number of rotatable bonds is 7. The minimum Gasteiger partial charge on any atom is -0.455 e. The predicted molar refractivity (Wildman–Crippen MR) is 147 cm³/mol. The molecule has 5 aromatic rings. The second-order valence-electron chi connectivity index (χ2n) is 8.09. The summed E-state index contributed by atoms with van der Waals surface area (Å²) < 4.78 is 8.42. The summed E-state index contributed by atoms with van der Waals surface area (Å²) in [6.45, 7) is 2.65. The summed E-state index contributed by atoms with van der Waals surface area (Å²) in [6.07, 6.45) is 0. The van der Waals surface area contributed by atoms with E-state index < -0.39 is 5.97 Å². The van der Waals surface area contributed by atoms with Gasteiger partial charge in [0.05, 0.1) is 5.75 Å². The maximum Gasteiger partial charge on any atom is 0.316 e. The third-order valence-corrected chi connectivity index (χ3v) is 8.06. The zero-order chi connectivity index (χ0) is 24.4. The average Bonchev–Trinajstić information content (AvgIpc) is 3.20. The number of nitrogens with one attached hydrogen (secondary N) is 1. The molecule has 0 spiro atoms. The Kier molecular flexibility index (Phi) is 6.79. The molecule has 35 heavy (non-hydrogen) atoms. The summed E-state index contributed by atoms with van der Waals surface area (Å²) in [7, 11) is 0. The summed E-state index contributed by atoms with van der Waals surface area (Å²) in [5, 5.41) is 7.28. The zero-order valence-corrected chi connectivity index (χ0v) is 21.5. The van der Waals surface area contributed by atoms with Gasteiger partial charge in [0.25, 0.3) is 5.91 Å². The number of hydrogen-bond donors (Lipinski definition) is 1. The van der Waals surface area contributed by atoms with Crippen molar-refractivity contribution in [2.24, 2.45) is 0 Å². The van der Waals surface area contributed by atoms with E-state index in [1.165, 1.54) is 11.8 Å². The number of fused-ring (bicyclic) bond motifs is 4. The number of ether oxygens (including phenoxy) is 1. The molecule has 0 fully saturated rings. The number of para-hydroxylation sites is 1. The van der Waals surface area contributed by atoms with Gasteiger partial charge in [0.2, 0.25) is 0 Å². The van der Waals surface area contributed by atoms with E-state index in [4.69, 9.17) is 4.74 Å². The molecule has 0 bridgehead atoms. The van der Waals surface area contributed by atoms with Crippen molar-refractivity contribution in [1.29, 1.82) is 0 Å². The van der Waals surface area contributed by atoms with Gasteiger partial charge in [0.15, 0.2) is 6.61 Å². The molecule has 0 atom stereocenters. The first-order valence-corrected chi connectivity index (χ1v) is 13.1. The molecule has 1 aromatic heterocycles. The molecule has 0 saturated carbocycles. The second-order valence-corrected chi connectivity index (χ2v) is 9.90. The zero-order valence-electron chi connectivity index (χ0n) is 19.1. The van der Waals surface area contributed by atoms with Gasteiger partial charge in [-0.2, -0.15) is 0 Å². The maximum absolute atomic E-state index is 12.4. The molecule has 1 heterocycles. The summed E-state index contributed by atoms with van der Waals surface area (Å²) >= 11 is 5.01. The van der Waals surface area contributed by atoms with Crippen molar-refractivity contribution < 1.29 is 14.3 Å². The number of aryl methyl sites for hydroxylation is 1. The van der Waals surface area contributed by atoms with Crippen LogP contribution in [0.3, 0.4) is 0 Å². The van der Waals surface area contributed by atoms with Crippen LogP contribution < -0.4 is 5.32 Å². The Hall–Kier alpha value is -3.29. The molecule has 0 radical (unpaired) electrons. The van der Waals surface area contributed by atoms with Crippen molar-refractivity contribution in [3.8, 4) is 0 Å². The fourth-order valence-corrected chi connectivity index (χ4v) is 5.91.